The molecule has 2 amide bonds. The number of rotatable bonds is 8. The van der Waals surface area contributed by atoms with Crippen molar-refractivity contribution < 1.29 is 23.5 Å². The van der Waals surface area contributed by atoms with Gasteiger partial charge in [-0.3, -0.25) is 9.59 Å². The number of benzene rings is 3. The van der Waals surface area contributed by atoms with Crippen molar-refractivity contribution in [2.24, 2.45) is 0 Å². The Bertz CT molecular complexity index is 1510. The summed E-state index contributed by atoms with van der Waals surface area (Å²) in [5, 5.41) is 3.20. The zero-order chi connectivity index (χ0) is 28.2. The predicted molar refractivity (Wildman–Crippen MR) is 153 cm³/mol. The van der Waals surface area contributed by atoms with E-state index in [1.165, 1.54) is 12.1 Å². The monoisotopic (exact) mass is 553 g/mol. The highest BCUT2D eigenvalue weighted by Crippen LogP contribution is 2.34. The van der Waals surface area contributed by atoms with Crippen molar-refractivity contribution in [3.8, 4) is 22.8 Å². The van der Waals surface area contributed by atoms with E-state index >= 15 is 0 Å². The average Bonchev–Trinajstić information content (AvgIpc) is 3.69. The van der Waals surface area contributed by atoms with Gasteiger partial charge in [-0.15, -0.1) is 0 Å². The summed E-state index contributed by atoms with van der Waals surface area (Å²) in [5.41, 5.74) is 3.39. The fourth-order valence-electron chi connectivity index (χ4n) is 5.62. The van der Waals surface area contributed by atoms with Gasteiger partial charge >= 0.3 is 0 Å². The molecular weight excluding hydrogens is 521 g/mol. The minimum atomic E-state index is -0.987. The SMILES string of the molecule is O=C(NC1CCCCC1)C(c1ccc(F)cc1)N(Cc1ccc2c(c1)OCO2)C(=O)c1ccc(-c2ccccc2)[nH]1. The number of amides is 2. The highest BCUT2D eigenvalue weighted by molar-refractivity contribution is 5.97. The molecule has 41 heavy (non-hydrogen) atoms. The summed E-state index contributed by atoms with van der Waals surface area (Å²) >= 11 is 0. The first-order chi connectivity index (χ1) is 20.0. The normalized spacial score (nSPS) is 15.3. The van der Waals surface area contributed by atoms with Gasteiger partial charge in [-0.2, -0.15) is 0 Å². The van der Waals surface area contributed by atoms with Crippen LogP contribution in [-0.2, 0) is 11.3 Å². The first-order valence-corrected chi connectivity index (χ1v) is 14.0. The molecule has 1 atom stereocenters. The molecule has 8 heteroatoms. The molecule has 1 aliphatic carbocycles. The van der Waals surface area contributed by atoms with Gasteiger partial charge in [-0.1, -0.05) is 67.8 Å². The van der Waals surface area contributed by atoms with Gasteiger partial charge in [0.1, 0.15) is 17.6 Å². The van der Waals surface area contributed by atoms with Crippen molar-refractivity contribution in [3.63, 3.8) is 0 Å². The first-order valence-electron chi connectivity index (χ1n) is 14.0. The summed E-state index contributed by atoms with van der Waals surface area (Å²) in [6.07, 6.45) is 5.05. The summed E-state index contributed by atoms with van der Waals surface area (Å²) in [4.78, 5) is 33.1. The quantitative estimate of drug-likeness (QED) is 0.265. The van der Waals surface area contributed by atoms with E-state index in [0.29, 0.717) is 22.8 Å². The van der Waals surface area contributed by atoms with Crippen LogP contribution in [0.2, 0.25) is 0 Å². The molecule has 1 aliphatic heterocycles. The maximum absolute atomic E-state index is 14.3. The maximum atomic E-state index is 14.3. The highest BCUT2D eigenvalue weighted by atomic mass is 19.1. The molecule has 1 fully saturated rings. The molecule has 1 saturated carbocycles. The fraction of sp³-hybridized carbons (Fsp3) is 0.273. The number of hydrogen-bond acceptors (Lipinski definition) is 4. The van der Waals surface area contributed by atoms with Crippen molar-refractivity contribution in [1.82, 2.24) is 15.2 Å². The van der Waals surface area contributed by atoms with Gasteiger partial charge in [-0.25, -0.2) is 4.39 Å². The van der Waals surface area contributed by atoms with Crippen molar-refractivity contribution in [1.29, 1.82) is 0 Å². The van der Waals surface area contributed by atoms with E-state index in [0.717, 1.165) is 48.9 Å². The number of nitrogens with one attached hydrogen (secondary N) is 2. The Balaban J connectivity index is 1.38. The van der Waals surface area contributed by atoms with Gasteiger partial charge < -0.3 is 24.7 Å². The van der Waals surface area contributed by atoms with Crippen LogP contribution in [0.15, 0.2) is 84.9 Å². The largest absolute Gasteiger partial charge is 0.454 e. The molecule has 210 valence electrons. The van der Waals surface area contributed by atoms with Crippen LogP contribution in [0.4, 0.5) is 4.39 Å². The van der Waals surface area contributed by atoms with E-state index < -0.39 is 11.9 Å². The van der Waals surface area contributed by atoms with Gasteiger partial charge in [0.25, 0.3) is 5.91 Å². The van der Waals surface area contributed by atoms with Crippen LogP contribution >= 0.6 is 0 Å². The van der Waals surface area contributed by atoms with E-state index in [-0.39, 0.29) is 31.2 Å². The Morgan fingerprint density at radius 3 is 2.44 bits per heavy atom. The molecule has 2 aliphatic rings. The summed E-state index contributed by atoms with van der Waals surface area (Å²) in [6, 6.07) is 23.6. The lowest BCUT2D eigenvalue weighted by Crippen LogP contribution is -2.47. The predicted octanol–water partition coefficient (Wildman–Crippen LogP) is 6.38. The van der Waals surface area contributed by atoms with Gasteiger partial charge in [0.05, 0.1) is 0 Å². The van der Waals surface area contributed by atoms with Gasteiger partial charge in [0.2, 0.25) is 12.7 Å². The standard InChI is InChI=1S/C33H32FN3O4/c34-25-14-12-24(13-15-25)31(32(38)35-26-9-5-2-6-10-26)37(20-22-11-18-29-30(19-22)41-21-40-29)33(39)28-17-16-27(36-28)23-7-3-1-4-8-23/h1,3-4,7-8,11-19,26,31,36H,2,5-6,9-10,20-21H2,(H,35,38). The highest BCUT2D eigenvalue weighted by Gasteiger charge is 2.34. The molecule has 3 aromatic carbocycles. The molecule has 6 rings (SSSR count). The smallest absolute Gasteiger partial charge is 0.271 e. The lowest BCUT2D eigenvalue weighted by Gasteiger charge is -2.33. The lowest BCUT2D eigenvalue weighted by atomic mass is 9.94. The van der Waals surface area contributed by atoms with E-state index in [9.17, 15) is 14.0 Å². The van der Waals surface area contributed by atoms with Crippen molar-refractivity contribution in [3.05, 3.63) is 108 Å². The van der Waals surface area contributed by atoms with Crippen molar-refractivity contribution >= 4 is 11.8 Å². The number of nitrogens with zero attached hydrogens (tertiary/aromatic N) is 1. The van der Waals surface area contributed by atoms with Gasteiger partial charge in [-0.05, 0) is 65.9 Å². The van der Waals surface area contributed by atoms with Crippen LogP contribution in [0, 0.1) is 5.82 Å². The lowest BCUT2D eigenvalue weighted by molar-refractivity contribution is -0.127. The van der Waals surface area contributed by atoms with Crippen LogP contribution in [0.1, 0.15) is 59.8 Å². The van der Waals surface area contributed by atoms with E-state index in [1.54, 1.807) is 29.2 Å². The number of carbonyl (C=O) groups is 2. The molecule has 0 saturated heterocycles. The Hall–Kier alpha value is -4.59. The van der Waals surface area contributed by atoms with Crippen LogP contribution < -0.4 is 14.8 Å². The van der Waals surface area contributed by atoms with Crippen LogP contribution in [0.25, 0.3) is 11.3 Å². The third-order valence-electron chi connectivity index (χ3n) is 7.75. The second kappa shape index (κ2) is 11.9. The zero-order valence-corrected chi connectivity index (χ0v) is 22.6. The van der Waals surface area contributed by atoms with Crippen LogP contribution in [0.3, 0.4) is 0 Å². The molecule has 1 unspecified atom stereocenters. The summed E-state index contributed by atoms with van der Waals surface area (Å²) < 4.78 is 25.0. The number of ether oxygens (including phenoxy) is 2. The second-order valence-electron chi connectivity index (χ2n) is 10.6. The number of aromatic amines is 1. The zero-order valence-electron chi connectivity index (χ0n) is 22.6. The topological polar surface area (TPSA) is 83.7 Å². The fourth-order valence-corrected chi connectivity index (χ4v) is 5.62. The Morgan fingerprint density at radius 1 is 0.902 bits per heavy atom. The summed E-state index contributed by atoms with van der Waals surface area (Å²) in [5.74, 6) is 0.177. The molecule has 4 aromatic rings. The Morgan fingerprint density at radius 2 is 1.66 bits per heavy atom. The van der Waals surface area contributed by atoms with Crippen molar-refractivity contribution in [2.45, 2.75) is 50.7 Å². The van der Waals surface area contributed by atoms with Gasteiger partial charge in [0.15, 0.2) is 11.5 Å². The summed E-state index contributed by atoms with van der Waals surface area (Å²) in [6.45, 7) is 0.253. The third kappa shape index (κ3) is 5.96. The summed E-state index contributed by atoms with van der Waals surface area (Å²) in [7, 11) is 0. The number of aromatic nitrogens is 1. The van der Waals surface area contributed by atoms with Crippen molar-refractivity contribution in [2.75, 3.05) is 6.79 Å². The van der Waals surface area contributed by atoms with E-state index in [2.05, 4.69) is 10.3 Å². The molecule has 2 N–H and O–H groups in total. The Labute approximate surface area is 238 Å². The molecule has 7 nitrogen and oxygen atoms in total. The Kier molecular flexibility index (Phi) is 7.71. The van der Waals surface area contributed by atoms with Crippen LogP contribution in [0.5, 0.6) is 11.5 Å². The molecular formula is C33H32FN3O4. The minimum Gasteiger partial charge on any atom is -0.454 e. The third-order valence-corrected chi connectivity index (χ3v) is 7.75. The van der Waals surface area contributed by atoms with E-state index in [4.69, 9.17) is 9.47 Å². The molecule has 0 bridgehead atoms. The van der Waals surface area contributed by atoms with Crippen LogP contribution in [-0.4, -0.2) is 34.5 Å². The first kappa shape index (κ1) is 26.6. The molecule has 2 heterocycles. The number of hydrogen-bond donors (Lipinski definition) is 2. The molecule has 0 radical (unpaired) electrons. The van der Waals surface area contributed by atoms with E-state index in [1.807, 2.05) is 48.5 Å². The second-order valence-corrected chi connectivity index (χ2v) is 10.6. The number of carbonyl (C=O) groups excluding carboxylic acids is 2. The molecule has 0 spiro atoms. The number of H-pyrrole nitrogens is 1. The number of halogens is 1. The minimum absolute atomic E-state index is 0.0388. The maximum Gasteiger partial charge on any atom is 0.271 e. The number of fused-ring (bicyclic) bond motifs is 1. The van der Waals surface area contributed by atoms with Gasteiger partial charge in [0, 0.05) is 18.3 Å². The molecule has 1 aromatic heterocycles. The average molecular weight is 554 g/mol.